The van der Waals surface area contributed by atoms with Gasteiger partial charge in [0.1, 0.15) is 18.2 Å². The van der Waals surface area contributed by atoms with Gasteiger partial charge in [0.05, 0.1) is 21.0 Å². The van der Waals surface area contributed by atoms with Crippen LogP contribution in [0.5, 0.6) is 5.75 Å². The molecule has 0 bridgehead atoms. The van der Waals surface area contributed by atoms with E-state index in [-0.39, 0.29) is 52.0 Å². The SMILES string of the molecule is CC(C)CC(NC(=O)c1cc(COc2ccccc2)ccc1CCC(=O)NS(=O)(=O)c1ccc(Cl)c(Cl)c1)c1ccc(F)cc1. The third-order valence-corrected chi connectivity index (χ3v) is 9.03. The highest BCUT2D eigenvalue weighted by Gasteiger charge is 2.22. The van der Waals surface area contributed by atoms with E-state index in [9.17, 15) is 22.4 Å². The topological polar surface area (TPSA) is 102 Å². The summed E-state index contributed by atoms with van der Waals surface area (Å²) in [5.41, 5.74) is 2.35. The number of benzene rings is 4. The molecule has 0 aliphatic rings. The van der Waals surface area contributed by atoms with Crippen molar-refractivity contribution in [2.24, 2.45) is 5.92 Å². The van der Waals surface area contributed by atoms with Crippen molar-refractivity contribution >= 4 is 45.0 Å². The summed E-state index contributed by atoms with van der Waals surface area (Å²) in [6.07, 6.45) is 0.475. The minimum Gasteiger partial charge on any atom is -0.489 e. The zero-order valence-corrected chi connectivity index (χ0v) is 27.1. The second-order valence-electron chi connectivity index (χ2n) is 10.9. The van der Waals surface area contributed by atoms with Crippen LogP contribution in [0.1, 0.15) is 59.8 Å². The normalized spacial score (nSPS) is 12.0. The molecule has 0 heterocycles. The van der Waals surface area contributed by atoms with Crippen LogP contribution in [0.2, 0.25) is 10.0 Å². The average Bonchev–Trinajstić information content (AvgIpc) is 3.00. The summed E-state index contributed by atoms with van der Waals surface area (Å²) in [4.78, 5) is 26.4. The average molecular weight is 672 g/mol. The number of nitrogens with one attached hydrogen (secondary N) is 2. The van der Waals surface area contributed by atoms with Crippen molar-refractivity contribution in [3.63, 3.8) is 0 Å². The maximum atomic E-state index is 13.8. The Labute approximate surface area is 272 Å². The van der Waals surface area contributed by atoms with Gasteiger partial charge in [-0.1, -0.05) is 79.5 Å². The summed E-state index contributed by atoms with van der Waals surface area (Å²) in [5, 5.41) is 3.30. The molecule has 0 radical (unpaired) electrons. The summed E-state index contributed by atoms with van der Waals surface area (Å²) in [5.74, 6) is -0.619. The predicted molar refractivity (Wildman–Crippen MR) is 173 cm³/mol. The van der Waals surface area contributed by atoms with Crippen molar-refractivity contribution in [3.8, 4) is 5.75 Å². The number of aryl methyl sites for hydroxylation is 1. The van der Waals surface area contributed by atoms with E-state index in [0.717, 1.165) is 17.2 Å². The first kappa shape index (κ1) is 34.0. The summed E-state index contributed by atoms with van der Waals surface area (Å²) in [6, 6.07) is 23.8. The van der Waals surface area contributed by atoms with Gasteiger partial charge in [-0.15, -0.1) is 0 Å². The minimum absolute atomic E-state index is 0.0374. The molecule has 7 nitrogen and oxygen atoms in total. The molecule has 0 spiro atoms. The molecule has 2 N–H and O–H groups in total. The van der Waals surface area contributed by atoms with Crippen molar-refractivity contribution in [2.75, 3.05) is 0 Å². The first-order valence-electron chi connectivity index (χ1n) is 14.3. The summed E-state index contributed by atoms with van der Waals surface area (Å²) < 4.78 is 47.1. The van der Waals surface area contributed by atoms with Crippen molar-refractivity contribution in [1.29, 1.82) is 0 Å². The lowest BCUT2D eigenvalue weighted by Gasteiger charge is -2.22. The van der Waals surface area contributed by atoms with Gasteiger partial charge in [-0.2, -0.15) is 0 Å². The molecule has 0 fully saturated rings. The van der Waals surface area contributed by atoms with E-state index in [1.807, 2.05) is 48.9 Å². The molecule has 0 aliphatic heterocycles. The fourth-order valence-electron chi connectivity index (χ4n) is 4.66. The van der Waals surface area contributed by atoms with Crippen LogP contribution >= 0.6 is 23.2 Å². The van der Waals surface area contributed by atoms with E-state index < -0.39 is 22.0 Å². The largest absolute Gasteiger partial charge is 0.489 e. The van der Waals surface area contributed by atoms with Crippen LogP contribution in [0.4, 0.5) is 4.39 Å². The van der Waals surface area contributed by atoms with Gasteiger partial charge in [-0.05, 0) is 84.0 Å². The molecule has 0 aromatic heterocycles. The Bertz CT molecular complexity index is 1750. The number of para-hydroxylation sites is 1. The Morgan fingerprint density at radius 1 is 0.889 bits per heavy atom. The molecule has 0 aliphatic carbocycles. The molecule has 1 atom stereocenters. The standard InChI is InChI=1S/C34H33Cl2FN2O5S/c1-22(2)18-32(25-10-13-26(37)14-11-25)38-34(41)29-19-23(21-44-27-6-4-3-5-7-27)8-9-24(29)12-17-33(40)39-45(42,43)28-15-16-30(35)31(36)20-28/h3-11,13-16,19-20,22,32H,12,17-18,21H2,1-2H3,(H,38,41)(H,39,40). The van der Waals surface area contributed by atoms with Crippen LogP contribution in [0.3, 0.4) is 0 Å². The van der Waals surface area contributed by atoms with E-state index in [0.29, 0.717) is 23.3 Å². The van der Waals surface area contributed by atoms with Gasteiger partial charge in [-0.25, -0.2) is 17.5 Å². The van der Waals surface area contributed by atoms with Crippen molar-refractivity contribution < 1.29 is 27.1 Å². The van der Waals surface area contributed by atoms with Crippen molar-refractivity contribution in [1.82, 2.24) is 10.0 Å². The highest BCUT2D eigenvalue weighted by Crippen LogP contribution is 2.26. The van der Waals surface area contributed by atoms with E-state index in [4.69, 9.17) is 27.9 Å². The monoisotopic (exact) mass is 670 g/mol. The Morgan fingerprint density at radius 2 is 1.60 bits per heavy atom. The lowest BCUT2D eigenvalue weighted by atomic mass is 9.95. The lowest BCUT2D eigenvalue weighted by Crippen LogP contribution is -2.32. The fourth-order valence-corrected chi connectivity index (χ4v) is 6.06. The number of halogens is 3. The van der Waals surface area contributed by atoms with Gasteiger partial charge < -0.3 is 10.1 Å². The number of sulfonamides is 1. The number of carbonyl (C=O) groups excluding carboxylic acids is 2. The van der Waals surface area contributed by atoms with Crippen LogP contribution in [-0.2, 0) is 27.8 Å². The molecule has 0 saturated carbocycles. The predicted octanol–water partition coefficient (Wildman–Crippen LogP) is 7.67. The number of rotatable bonds is 13. The minimum atomic E-state index is -4.20. The molecule has 11 heteroatoms. The Morgan fingerprint density at radius 3 is 2.27 bits per heavy atom. The molecule has 1 unspecified atom stereocenters. The lowest BCUT2D eigenvalue weighted by molar-refractivity contribution is -0.119. The van der Waals surface area contributed by atoms with Crippen LogP contribution in [0, 0.1) is 11.7 Å². The molecule has 2 amide bonds. The molecular weight excluding hydrogens is 638 g/mol. The van der Waals surface area contributed by atoms with Crippen LogP contribution < -0.4 is 14.8 Å². The van der Waals surface area contributed by atoms with E-state index in [1.165, 1.54) is 24.3 Å². The molecule has 4 aromatic rings. The van der Waals surface area contributed by atoms with Crippen molar-refractivity contribution in [2.45, 2.75) is 50.7 Å². The molecule has 236 valence electrons. The second-order valence-corrected chi connectivity index (χ2v) is 13.4. The summed E-state index contributed by atoms with van der Waals surface area (Å²) in [6.45, 7) is 4.25. The van der Waals surface area contributed by atoms with Crippen molar-refractivity contribution in [3.05, 3.63) is 129 Å². The fraction of sp³-hybridized carbons (Fsp3) is 0.235. The van der Waals surface area contributed by atoms with E-state index in [1.54, 1.807) is 30.3 Å². The van der Waals surface area contributed by atoms with E-state index in [2.05, 4.69) is 5.32 Å². The molecule has 0 saturated heterocycles. The van der Waals surface area contributed by atoms with Gasteiger partial charge in [-0.3, -0.25) is 9.59 Å². The first-order chi connectivity index (χ1) is 21.4. The van der Waals surface area contributed by atoms with Gasteiger partial charge >= 0.3 is 0 Å². The van der Waals surface area contributed by atoms with Crippen LogP contribution in [-0.4, -0.2) is 20.2 Å². The maximum absolute atomic E-state index is 13.8. The van der Waals surface area contributed by atoms with Gasteiger partial charge in [0.15, 0.2) is 0 Å². The number of ether oxygens (including phenoxy) is 1. The zero-order valence-electron chi connectivity index (χ0n) is 24.7. The third kappa shape index (κ3) is 9.78. The Hall–Kier alpha value is -3.92. The maximum Gasteiger partial charge on any atom is 0.264 e. The van der Waals surface area contributed by atoms with Gasteiger partial charge in [0.25, 0.3) is 15.9 Å². The smallest absolute Gasteiger partial charge is 0.264 e. The number of hydrogen-bond donors (Lipinski definition) is 2. The van der Waals surface area contributed by atoms with Crippen LogP contribution in [0.15, 0.2) is 95.9 Å². The first-order valence-corrected chi connectivity index (χ1v) is 16.5. The second kappa shape index (κ2) is 15.4. The quantitative estimate of drug-likeness (QED) is 0.152. The molecule has 45 heavy (non-hydrogen) atoms. The number of amides is 2. The summed E-state index contributed by atoms with van der Waals surface area (Å²) in [7, 11) is -4.20. The van der Waals surface area contributed by atoms with Gasteiger partial charge in [0.2, 0.25) is 5.91 Å². The van der Waals surface area contributed by atoms with Crippen LogP contribution in [0.25, 0.3) is 0 Å². The summed E-state index contributed by atoms with van der Waals surface area (Å²) >= 11 is 11.8. The molecular formula is C34H33Cl2FN2O5S. The van der Waals surface area contributed by atoms with E-state index >= 15 is 0 Å². The highest BCUT2D eigenvalue weighted by atomic mass is 35.5. The Kier molecular flexibility index (Phi) is 11.6. The Balaban J connectivity index is 1.55. The number of hydrogen-bond acceptors (Lipinski definition) is 5. The molecule has 4 rings (SSSR count). The third-order valence-electron chi connectivity index (χ3n) is 6.92. The zero-order chi connectivity index (χ0) is 32.6. The molecule has 4 aromatic carbocycles. The van der Waals surface area contributed by atoms with Gasteiger partial charge in [0, 0.05) is 12.0 Å². The highest BCUT2D eigenvalue weighted by molar-refractivity contribution is 7.90. The number of carbonyl (C=O) groups is 2.